The van der Waals surface area contributed by atoms with Crippen molar-refractivity contribution in [1.82, 2.24) is 0 Å². The molecule has 1 aromatic rings. The van der Waals surface area contributed by atoms with Gasteiger partial charge in [-0.3, -0.25) is 0 Å². The summed E-state index contributed by atoms with van der Waals surface area (Å²) >= 11 is 0. The topological polar surface area (TPSA) is 35.5 Å². The van der Waals surface area contributed by atoms with Crippen LogP contribution in [-0.4, -0.2) is 12.8 Å². The van der Waals surface area contributed by atoms with Crippen molar-refractivity contribution < 1.29 is 36.2 Å². The van der Waals surface area contributed by atoms with Crippen LogP contribution in [0.5, 0.6) is 0 Å². The smallest absolute Gasteiger partial charge is 0.434 e. The second-order valence-electron chi connectivity index (χ2n) is 4.29. The molecule has 0 fully saturated rings. The van der Waals surface area contributed by atoms with E-state index in [9.17, 15) is 26.7 Å². The van der Waals surface area contributed by atoms with E-state index in [0.29, 0.717) is 0 Å². The number of rotatable bonds is 4. The van der Waals surface area contributed by atoms with Gasteiger partial charge in [0.25, 0.3) is 0 Å². The standard InChI is InChI=1S/C12H11F5O3/c1-5(2)3-19-12(18)20-4-6-7(13)9(15)11(17)10(16)8(6)14/h5H,3-4H2,1-2H3. The molecular weight excluding hydrogens is 287 g/mol. The van der Waals surface area contributed by atoms with E-state index in [4.69, 9.17) is 0 Å². The van der Waals surface area contributed by atoms with E-state index in [2.05, 4.69) is 9.47 Å². The molecule has 0 heterocycles. The molecule has 1 aromatic carbocycles. The first kappa shape index (κ1) is 16.2. The van der Waals surface area contributed by atoms with Crippen molar-refractivity contribution in [1.29, 1.82) is 0 Å². The zero-order valence-corrected chi connectivity index (χ0v) is 10.6. The fraction of sp³-hybridized carbons (Fsp3) is 0.417. The lowest BCUT2D eigenvalue weighted by molar-refractivity contribution is 0.0408. The maximum Gasteiger partial charge on any atom is 0.508 e. The minimum absolute atomic E-state index is 0.00303. The normalized spacial score (nSPS) is 10.8. The molecule has 0 saturated heterocycles. The van der Waals surface area contributed by atoms with Gasteiger partial charge in [0.05, 0.1) is 12.2 Å². The largest absolute Gasteiger partial charge is 0.508 e. The second kappa shape index (κ2) is 6.53. The Labute approximate surface area is 111 Å². The van der Waals surface area contributed by atoms with Crippen molar-refractivity contribution in [3.05, 3.63) is 34.6 Å². The van der Waals surface area contributed by atoms with Gasteiger partial charge in [-0.1, -0.05) is 13.8 Å². The summed E-state index contributed by atoms with van der Waals surface area (Å²) in [6, 6.07) is 0. The average molecular weight is 298 g/mol. The summed E-state index contributed by atoms with van der Waals surface area (Å²) in [7, 11) is 0. The predicted octanol–water partition coefficient (Wildman–Crippen LogP) is 3.69. The lowest BCUT2D eigenvalue weighted by atomic mass is 10.2. The highest BCUT2D eigenvalue weighted by Gasteiger charge is 2.26. The van der Waals surface area contributed by atoms with Crippen molar-refractivity contribution >= 4 is 6.16 Å². The highest BCUT2D eigenvalue weighted by Crippen LogP contribution is 2.23. The Morgan fingerprint density at radius 2 is 1.35 bits per heavy atom. The molecule has 112 valence electrons. The molecular formula is C12H11F5O3. The first-order valence-electron chi connectivity index (χ1n) is 5.55. The van der Waals surface area contributed by atoms with E-state index in [1.54, 1.807) is 13.8 Å². The zero-order chi connectivity index (χ0) is 15.4. The second-order valence-corrected chi connectivity index (χ2v) is 4.29. The van der Waals surface area contributed by atoms with Gasteiger partial charge in [-0.25, -0.2) is 26.7 Å². The fourth-order valence-corrected chi connectivity index (χ4v) is 1.18. The van der Waals surface area contributed by atoms with Gasteiger partial charge in [-0.15, -0.1) is 0 Å². The van der Waals surface area contributed by atoms with Gasteiger partial charge < -0.3 is 9.47 Å². The van der Waals surface area contributed by atoms with Crippen LogP contribution in [0.1, 0.15) is 19.4 Å². The van der Waals surface area contributed by atoms with Gasteiger partial charge in [-0.05, 0) is 5.92 Å². The molecule has 0 atom stereocenters. The highest BCUT2D eigenvalue weighted by molar-refractivity contribution is 5.59. The Morgan fingerprint density at radius 3 is 1.80 bits per heavy atom. The molecule has 8 heteroatoms. The fourth-order valence-electron chi connectivity index (χ4n) is 1.18. The van der Waals surface area contributed by atoms with Gasteiger partial charge in [0.15, 0.2) is 23.3 Å². The molecule has 0 aromatic heterocycles. The molecule has 3 nitrogen and oxygen atoms in total. The van der Waals surface area contributed by atoms with E-state index in [1.165, 1.54) is 0 Å². The third kappa shape index (κ3) is 3.58. The summed E-state index contributed by atoms with van der Waals surface area (Å²) in [4.78, 5) is 11.0. The van der Waals surface area contributed by atoms with E-state index < -0.39 is 47.4 Å². The molecule has 0 aliphatic rings. The van der Waals surface area contributed by atoms with Crippen molar-refractivity contribution in [2.24, 2.45) is 5.92 Å². The number of carbonyl (C=O) groups excluding carboxylic acids is 1. The maximum atomic E-state index is 13.2. The first-order valence-corrected chi connectivity index (χ1v) is 5.55. The first-order chi connectivity index (χ1) is 9.25. The van der Waals surface area contributed by atoms with Gasteiger partial charge in [-0.2, -0.15) is 0 Å². The number of benzene rings is 1. The average Bonchev–Trinajstić information content (AvgIpc) is 2.40. The molecule has 0 spiro atoms. The Bertz CT molecular complexity index is 487. The zero-order valence-electron chi connectivity index (χ0n) is 10.6. The summed E-state index contributed by atoms with van der Waals surface area (Å²) in [5.74, 6) is -10.6. The molecule has 0 amide bonds. The minimum Gasteiger partial charge on any atom is -0.434 e. The third-order valence-corrected chi connectivity index (χ3v) is 2.17. The van der Waals surface area contributed by atoms with Crippen molar-refractivity contribution in [3.63, 3.8) is 0 Å². The van der Waals surface area contributed by atoms with E-state index in [0.717, 1.165) is 0 Å². The number of hydrogen-bond donors (Lipinski definition) is 0. The molecule has 0 bridgehead atoms. The van der Waals surface area contributed by atoms with Crippen molar-refractivity contribution in [2.75, 3.05) is 6.61 Å². The lowest BCUT2D eigenvalue weighted by Gasteiger charge is -2.10. The Kier molecular flexibility index (Phi) is 5.29. The van der Waals surface area contributed by atoms with E-state index in [-0.39, 0.29) is 12.5 Å². The molecule has 0 unspecified atom stereocenters. The van der Waals surface area contributed by atoms with Crippen LogP contribution in [0.15, 0.2) is 0 Å². The van der Waals surface area contributed by atoms with Gasteiger partial charge in [0.2, 0.25) is 5.82 Å². The van der Waals surface area contributed by atoms with E-state index in [1.807, 2.05) is 0 Å². The Balaban J connectivity index is 2.81. The summed E-state index contributed by atoms with van der Waals surface area (Å²) < 4.78 is 73.7. The van der Waals surface area contributed by atoms with Crippen molar-refractivity contribution in [3.8, 4) is 0 Å². The molecule has 0 aliphatic heterocycles. The van der Waals surface area contributed by atoms with Crippen LogP contribution in [0.4, 0.5) is 26.7 Å². The summed E-state index contributed by atoms with van der Waals surface area (Å²) in [6.07, 6.45) is -1.26. The maximum absolute atomic E-state index is 13.2. The summed E-state index contributed by atoms with van der Waals surface area (Å²) in [6.45, 7) is 2.34. The van der Waals surface area contributed by atoms with E-state index >= 15 is 0 Å². The van der Waals surface area contributed by atoms with Crippen molar-refractivity contribution in [2.45, 2.75) is 20.5 Å². The number of hydrogen-bond acceptors (Lipinski definition) is 3. The Hall–Kier alpha value is -1.86. The van der Waals surface area contributed by atoms with Crippen LogP contribution >= 0.6 is 0 Å². The van der Waals surface area contributed by atoms with Crippen LogP contribution in [0.3, 0.4) is 0 Å². The quantitative estimate of drug-likeness (QED) is 0.368. The number of carbonyl (C=O) groups is 1. The highest BCUT2D eigenvalue weighted by atomic mass is 19.2. The number of ether oxygens (including phenoxy) is 2. The SMILES string of the molecule is CC(C)COC(=O)OCc1c(F)c(F)c(F)c(F)c1F. The lowest BCUT2D eigenvalue weighted by Crippen LogP contribution is -2.14. The number of halogens is 5. The molecule has 0 radical (unpaired) electrons. The van der Waals surface area contributed by atoms with Gasteiger partial charge in [0, 0.05) is 0 Å². The van der Waals surface area contributed by atoms with Crippen LogP contribution in [-0.2, 0) is 16.1 Å². The molecule has 0 N–H and O–H groups in total. The minimum atomic E-state index is -2.27. The van der Waals surface area contributed by atoms with Crippen LogP contribution in [0.2, 0.25) is 0 Å². The molecule has 0 aliphatic carbocycles. The van der Waals surface area contributed by atoms with Gasteiger partial charge in [0.1, 0.15) is 6.61 Å². The molecule has 0 saturated carbocycles. The van der Waals surface area contributed by atoms with Crippen LogP contribution in [0, 0.1) is 35.0 Å². The third-order valence-electron chi connectivity index (χ3n) is 2.17. The van der Waals surface area contributed by atoms with Gasteiger partial charge >= 0.3 is 6.16 Å². The Morgan fingerprint density at radius 1 is 0.900 bits per heavy atom. The molecule has 20 heavy (non-hydrogen) atoms. The monoisotopic (exact) mass is 298 g/mol. The molecule has 1 rings (SSSR count). The predicted molar refractivity (Wildman–Crippen MR) is 57.2 cm³/mol. The van der Waals surface area contributed by atoms with Crippen LogP contribution < -0.4 is 0 Å². The summed E-state index contributed by atoms with van der Waals surface area (Å²) in [5, 5.41) is 0. The van der Waals surface area contributed by atoms with Crippen LogP contribution in [0.25, 0.3) is 0 Å². The summed E-state index contributed by atoms with van der Waals surface area (Å²) in [5.41, 5.74) is -1.23.